The molecule has 5 N–H and O–H groups in total. The summed E-state index contributed by atoms with van der Waals surface area (Å²) in [4.78, 5) is 16.1. The van der Waals surface area contributed by atoms with Crippen molar-refractivity contribution in [3.8, 4) is 11.5 Å². The van der Waals surface area contributed by atoms with Crippen molar-refractivity contribution in [3.63, 3.8) is 0 Å². The maximum absolute atomic E-state index is 11.9. The van der Waals surface area contributed by atoms with Gasteiger partial charge in [-0.3, -0.25) is 9.89 Å². The number of aliphatic imine (C=N–C) groups is 1. The summed E-state index contributed by atoms with van der Waals surface area (Å²) in [5, 5.41) is 20.0. The van der Waals surface area contributed by atoms with Gasteiger partial charge in [0.1, 0.15) is 5.56 Å². The lowest BCUT2D eigenvalue weighted by molar-refractivity contribution is 0.100. The smallest absolute Gasteiger partial charge is 0.256 e. The summed E-state index contributed by atoms with van der Waals surface area (Å²) in [5.41, 5.74) is 6.94. The summed E-state index contributed by atoms with van der Waals surface area (Å²) in [6.45, 7) is 0. The van der Waals surface area contributed by atoms with Crippen LogP contribution in [0.25, 0.3) is 0 Å². The third-order valence-electron chi connectivity index (χ3n) is 3.65. The number of aromatic hydroxyl groups is 1. The van der Waals surface area contributed by atoms with Crippen LogP contribution in [0.2, 0.25) is 5.02 Å². The van der Waals surface area contributed by atoms with E-state index in [0.717, 1.165) is 0 Å². The fraction of sp³-hybridized carbons (Fsp3) is 0.0556. The van der Waals surface area contributed by atoms with Gasteiger partial charge in [0, 0.05) is 16.9 Å². The number of carbonyl (C=O) groups is 1. The number of rotatable bonds is 6. The number of nitrogens with one attached hydrogen (secondary N) is 2. The minimum absolute atomic E-state index is 0.0171. The van der Waals surface area contributed by atoms with Crippen molar-refractivity contribution in [1.82, 2.24) is 10.2 Å². The molecule has 3 aromatic rings. The van der Waals surface area contributed by atoms with E-state index in [2.05, 4.69) is 20.5 Å². The van der Waals surface area contributed by atoms with Gasteiger partial charge in [-0.2, -0.15) is 5.10 Å². The second-order valence-corrected chi connectivity index (χ2v) is 5.92. The van der Waals surface area contributed by atoms with Gasteiger partial charge in [-0.1, -0.05) is 11.6 Å². The molecule has 0 radical (unpaired) electrons. The van der Waals surface area contributed by atoms with Gasteiger partial charge < -0.3 is 20.9 Å². The van der Waals surface area contributed by atoms with E-state index in [0.29, 0.717) is 22.0 Å². The monoisotopic (exact) mass is 385 g/mol. The molecule has 0 spiro atoms. The number of nitrogens with two attached hydrogens (primary N) is 1. The molecule has 0 aliphatic rings. The van der Waals surface area contributed by atoms with Gasteiger partial charge in [0.15, 0.2) is 23.1 Å². The standard InChI is InChI=1S/C18H16ClN5O3/c1-27-14-8-10(2-7-13(14)25)9-21-17-15(16(20)26)18(24-23-17)22-12-5-3-11(19)4-6-12/h2-9,25H,1H3,(H2,20,26)(H2,22,23,24)/b21-9+. The molecule has 9 heteroatoms. The quantitative estimate of drug-likeness (QED) is 0.484. The van der Waals surface area contributed by atoms with Crippen LogP contribution in [-0.2, 0) is 0 Å². The lowest BCUT2D eigenvalue weighted by atomic mass is 10.2. The second-order valence-electron chi connectivity index (χ2n) is 5.48. The normalized spacial score (nSPS) is 10.9. The van der Waals surface area contributed by atoms with E-state index in [-0.39, 0.29) is 22.9 Å². The summed E-state index contributed by atoms with van der Waals surface area (Å²) in [7, 11) is 1.45. The maximum Gasteiger partial charge on any atom is 0.256 e. The highest BCUT2D eigenvalue weighted by molar-refractivity contribution is 6.30. The number of phenolic OH excluding ortho intramolecular Hbond substituents is 1. The molecule has 0 bridgehead atoms. The molecule has 3 rings (SSSR count). The first-order valence-corrected chi connectivity index (χ1v) is 8.17. The Morgan fingerprint density at radius 1 is 1.33 bits per heavy atom. The average molecular weight is 386 g/mol. The van der Waals surface area contributed by atoms with Crippen molar-refractivity contribution in [3.05, 3.63) is 58.6 Å². The minimum atomic E-state index is -0.685. The van der Waals surface area contributed by atoms with E-state index < -0.39 is 5.91 Å². The van der Waals surface area contributed by atoms with E-state index in [1.165, 1.54) is 19.4 Å². The molecule has 0 aliphatic heterocycles. The van der Waals surface area contributed by atoms with Crippen molar-refractivity contribution < 1.29 is 14.6 Å². The summed E-state index contributed by atoms with van der Waals surface area (Å²) in [5.74, 6) is 0.0918. The van der Waals surface area contributed by atoms with Crippen molar-refractivity contribution in [2.75, 3.05) is 12.4 Å². The Morgan fingerprint density at radius 3 is 2.74 bits per heavy atom. The van der Waals surface area contributed by atoms with Gasteiger partial charge in [0.05, 0.1) is 7.11 Å². The van der Waals surface area contributed by atoms with Gasteiger partial charge in [0.2, 0.25) is 0 Å². The molecule has 8 nitrogen and oxygen atoms in total. The number of primary amides is 1. The van der Waals surface area contributed by atoms with E-state index in [1.807, 2.05) is 0 Å². The summed E-state index contributed by atoms with van der Waals surface area (Å²) in [6.07, 6.45) is 1.49. The third kappa shape index (κ3) is 4.18. The number of ether oxygens (including phenoxy) is 1. The summed E-state index contributed by atoms with van der Waals surface area (Å²) >= 11 is 5.86. The first kappa shape index (κ1) is 18.3. The highest BCUT2D eigenvalue weighted by atomic mass is 35.5. The molecule has 1 aromatic heterocycles. The number of methoxy groups -OCH3 is 1. The van der Waals surface area contributed by atoms with Crippen LogP contribution in [0.1, 0.15) is 15.9 Å². The Kier molecular flexibility index (Phi) is 5.28. The highest BCUT2D eigenvalue weighted by Gasteiger charge is 2.18. The predicted molar refractivity (Wildman–Crippen MR) is 104 cm³/mol. The molecule has 0 aliphatic carbocycles. The number of benzene rings is 2. The topological polar surface area (TPSA) is 126 Å². The average Bonchev–Trinajstić information content (AvgIpc) is 3.05. The Balaban J connectivity index is 1.89. The van der Waals surface area contributed by atoms with Gasteiger partial charge in [-0.25, -0.2) is 4.99 Å². The number of hydrogen-bond acceptors (Lipinski definition) is 6. The fourth-order valence-electron chi connectivity index (χ4n) is 2.33. The second kappa shape index (κ2) is 7.79. The molecule has 138 valence electrons. The molecule has 27 heavy (non-hydrogen) atoms. The van der Waals surface area contributed by atoms with Crippen LogP contribution in [0, 0.1) is 0 Å². The molecular formula is C18H16ClN5O3. The van der Waals surface area contributed by atoms with Crippen molar-refractivity contribution in [2.24, 2.45) is 10.7 Å². The highest BCUT2D eigenvalue weighted by Crippen LogP contribution is 2.28. The number of phenols is 1. The summed E-state index contributed by atoms with van der Waals surface area (Å²) in [6, 6.07) is 11.6. The van der Waals surface area contributed by atoms with Crippen LogP contribution in [0.4, 0.5) is 17.3 Å². The van der Waals surface area contributed by atoms with Gasteiger partial charge >= 0.3 is 0 Å². The number of aromatic nitrogens is 2. The predicted octanol–water partition coefficient (Wildman–Crippen LogP) is 3.37. The number of aromatic amines is 1. The van der Waals surface area contributed by atoms with E-state index in [9.17, 15) is 9.90 Å². The van der Waals surface area contributed by atoms with Crippen LogP contribution >= 0.6 is 11.6 Å². The lowest BCUT2D eigenvalue weighted by Crippen LogP contribution is -2.12. The van der Waals surface area contributed by atoms with Crippen LogP contribution in [-0.4, -0.2) is 34.5 Å². The molecule has 0 unspecified atom stereocenters. The Bertz CT molecular complexity index is 999. The number of amides is 1. The molecule has 1 amide bonds. The van der Waals surface area contributed by atoms with Crippen LogP contribution in [0.15, 0.2) is 47.5 Å². The van der Waals surface area contributed by atoms with Crippen LogP contribution in [0.5, 0.6) is 11.5 Å². The zero-order valence-electron chi connectivity index (χ0n) is 14.2. The minimum Gasteiger partial charge on any atom is -0.504 e. The molecule has 1 heterocycles. The molecule has 0 fully saturated rings. The lowest BCUT2D eigenvalue weighted by Gasteiger charge is -2.05. The van der Waals surface area contributed by atoms with E-state index in [1.54, 1.807) is 36.4 Å². The zero-order valence-corrected chi connectivity index (χ0v) is 15.0. The number of nitrogens with zero attached hydrogens (tertiary/aromatic N) is 2. The largest absolute Gasteiger partial charge is 0.504 e. The molecule has 2 aromatic carbocycles. The first-order chi connectivity index (χ1) is 13.0. The fourth-order valence-corrected chi connectivity index (χ4v) is 2.46. The van der Waals surface area contributed by atoms with Crippen LogP contribution in [0.3, 0.4) is 0 Å². The molecule has 0 saturated heterocycles. The van der Waals surface area contributed by atoms with Crippen LogP contribution < -0.4 is 15.8 Å². The SMILES string of the molecule is COc1cc(/C=N/c2[nH]nc(Nc3ccc(Cl)cc3)c2C(N)=O)ccc1O. The number of H-pyrrole nitrogens is 1. The van der Waals surface area contributed by atoms with Crippen molar-refractivity contribution >= 4 is 41.0 Å². The van der Waals surface area contributed by atoms with Gasteiger partial charge in [-0.15, -0.1) is 0 Å². The Morgan fingerprint density at radius 2 is 2.07 bits per heavy atom. The number of hydrogen-bond donors (Lipinski definition) is 4. The van der Waals surface area contributed by atoms with Gasteiger partial charge in [-0.05, 0) is 48.0 Å². The van der Waals surface area contributed by atoms with Crippen molar-refractivity contribution in [2.45, 2.75) is 0 Å². The molecule has 0 saturated carbocycles. The number of halogens is 1. The van der Waals surface area contributed by atoms with E-state index >= 15 is 0 Å². The Labute approximate surface area is 159 Å². The Hall–Kier alpha value is -3.52. The van der Waals surface area contributed by atoms with E-state index in [4.69, 9.17) is 22.1 Å². The molecular weight excluding hydrogens is 370 g/mol. The number of anilines is 2. The van der Waals surface area contributed by atoms with Gasteiger partial charge in [0.25, 0.3) is 5.91 Å². The molecule has 0 atom stereocenters. The first-order valence-electron chi connectivity index (χ1n) is 7.79. The third-order valence-corrected chi connectivity index (χ3v) is 3.90. The van der Waals surface area contributed by atoms with Crippen molar-refractivity contribution in [1.29, 1.82) is 0 Å². The maximum atomic E-state index is 11.9. The summed E-state index contributed by atoms with van der Waals surface area (Å²) < 4.78 is 5.05. The zero-order chi connectivity index (χ0) is 19.4. The number of carbonyl (C=O) groups excluding carboxylic acids is 1.